The van der Waals surface area contributed by atoms with Crippen LogP contribution < -0.4 is 14.4 Å². The third-order valence-corrected chi connectivity index (χ3v) is 7.60. The number of anilines is 1. The molecule has 0 spiro atoms. The number of carbonyl (C=O) groups excluding carboxylic acids is 1. The van der Waals surface area contributed by atoms with E-state index in [1.54, 1.807) is 30.3 Å². The summed E-state index contributed by atoms with van der Waals surface area (Å²) in [7, 11) is -2.48. The van der Waals surface area contributed by atoms with Crippen molar-refractivity contribution >= 4 is 33.2 Å². The molecule has 1 amide bonds. The molecule has 3 rings (SSSR count). The monoisotopic (exact) mass is 464 g/mol. The minimum atomic E-state index is -3.97. The minimum absolute atomic E-state index is 0.0773. The van der Waals surface area contributed by atoms with Gasteiger partial charge < -0.3 is 10.1 Å². The first-order valence-electron chi connectivity index (χ1n) is 10.6. The molecule has 0 radical (unpaired) electrons. The van der Waals surface area contributed by atoms with E-state index in [4.69, 9.17) is 16.3 Å². The number of hydrogen-bond donors (Lipinski definition) is 1. The number of nitrogens with zero attached hydrogens (tertiary/aromatic N) is 1. The van der Waals surface area contributed by atoms with Crippen LogP contribution in [0.2, 0.25) is 5.02 Å². The highest BCUT2D eigenvalue weighted by Crippen LogP contribution is 2.32. The topological polar surface area (TPSA) is 75.7 Å². The first-order valence-corrected chi connectivity index (χ1v) is 12.4. The van der Waals surface area contributed by atoms with Crippen LogP contribution in [0.5, 0.6) is 5.75 Å². The molecule has 0 atom stereocenters. The first kappa shape index (κ1) is 23.4. The number of nitrogens with one attached hydrogen (secondary N) is 1. The van der Waals surface area contributed by atoms with Gasteiger partial charge in [0.05, 0.1) is 22.7 Å². The molecule has 31 heavy (non-hydrogen) atoms. The summed E-state index contributed by atoms with van der Waals surface area (Å²) in [6, 6.07) is 12.8. The lowest BCUT2D eigenvalue weighted by molar-refractivity contribution is -0.120. The second-order valence-corrected chi connectivity index (χ2v) is 10.0. The number of amides is 1. The van der Waals surface area contributed by atoms with E-state index >= 15 is 0 Å². The van der Waals surface area contributed by atoms with Gasteiger partial charge in [-0.15, -0.1) is 0 Å². The Hall–Kier alpha value is -2.25. The van der Waals surface area contributed by atoms with Crippen LogP contribution in [0.25, 0.3) is 0 Å². The molecule has 1 fully saturated rings. The molecule has 0 aliphatic heterocycles. The molecule has 2 aromatic rings. The quantitative estimate of drug-likeness (QED) is 0.640. The fourth-order valence-corrected chi connectivity index (χ4v) is 5.54. The molecule has 0 saturated heterocycles. The number of halogens is 1. The van der Waals surface area contributed by atoms with Crippen LogP contribution in [0.3, 0.4) is 0 Å². The predicted octanol–water partition coefficient (Wildman–Crippen LogP) is 4.77. The first-order chi connectivity index (χ1) is 14.9. The number of sulfonamides is 1. The van der Waals surface area contributed by atoms with Crippen molar-refractivity contribution in [3.05, 3.63) is 53.6 Å². The van der Waals surface area contributed by atoms with Crippen molar-refractivity contribution in [1.82, 2.24) is 5.32 Å². The standard InChI is InChI=1S/C23H29ClN2O4S/c1-30-22-15-14-19(16-21(22)24)26(31(28,29)20-12-8-5-9-13-20)17-23(27)25-18-10-6-3-2-4-7-11-18/h5,8-9,12-16,18H,2-4,6-7,10-11,17H2,1H3,(H,25,27). The number of methoxy groups -OCH3 is 1. The molecular weight excluding hydrogens is 436 g/mol. The summed E-state index contributed by atoms with van der Waals surface area (Å²) in [5.41, 5.74) is 0.308. The average molecular weight is 465 g/mol. The van der Waals surface area contributed by atoms with Crippen LogP contribution in [0.1, 0.15) is 44.9 Å². The van der Waals surface area contributed by atoms with Crippen molar-refractivity contribution in [3.8, 4) is 5.75 Å². The van der Waals surface area contributed by atoms with Gasteiger partial charge in [0.15, 0.2) is 0 Å². The highest BCUT2D eigenvalue weighted by molar-refractivity contribution is 7.92. The van der Waals surface area contributed by atoms with E-state index in [1.807, 2.05) is 0 Å². The minimum Gasteiger partial charge on any atom is -0.495 e. The van der Waals surface area contributed by atoms with E-state index in [-0.39, 0.29) is 28.4 Å². The van der Waals surface area contributed by atoms with E-state index in [0.717, 1.165) is 30.0 Å². The predicted molar refractivity (Wildman–Crippen MR) is 123 cm³/mol. The molecule has 0 unspecified atom stereocenters. The van der Waals surface area contributed by atoms with E-state index in [0.29, 0.717) is 11.4 Å². The molecule has 0 aromatic heterocycles. The normalized spacial score (nSPS) is 15.5. The Morgan fingerprint density at radius 2 is 1.71 bits per heavy atom. The Morgan fingerprint density at radius 1 is 1.06 bits per heavy atom. The Morgan fingerprint density at radius 3 is 2.32 bits per heavy atom. The lowest BCUT2D eigenvalue weighted by Gasteiger charge is -2.26. The van der Waals surface area contributed by atoms with Gasteiger partial charge in [-0.25, -0.2) is 8.42 Å². The SMILES string of the molecule is COc1ccc(N(CC(=O)NC2CCCCCCC2)S(=O)(=O)c2ccccc2)cc1Cl. The van der Waals surface area contributed by atoms with E-state index in [9.17, 15) is 13.2 Å². The van der Waals surface area contributed by atoms with Crippen molar-refractivity contribution in [2.75, 3.05) is 18.0 Å². The zero-order valence-electron chi connectivity index (χ0n) is 17.7. The number of hydrogen-bond acceptors (Lipinski definition) is 4. The number of ether oxygens (including phenoxy) is 1. The zero-order chi connectivity index (χ0) is 22.3. The number of carbonyl (C=O) groups is 1. The molecule has 1 aliphatic rings. The van der Waals surface area contributed by atoms with Crippen LogP contribution in [0, 0.1) is 0 Å². The van der Waals surface area contributed by atoms with E-state index in [1.165, 1.54) is 44.6 Å². The summed E-state index contributed by atoms with van der Waals surface area (Å²) in [6.07, 6.45) is 7.58. The van der Waals surface area contributed by atoms with E-state index < -0.39 is 10.0 Å². The largest absolute Gasteiger partial charge is 0.495 e. The highest BCUT2D eigenvalue weighted by Gasteiger charge is 2.28. The van der Waals surface area contributed by atoms with Crippen molar-refractivity contribution in [2.24, 2.45) is 0 Å². The van der Waals surface area contributed by atoms with Crippen LogP contribution in [0.4, 0.5) is 5.69 Å². The maximum absolute atomic E-state index is 13.4. The van der Waals surface area contributed by atoms with Gasteiger partial charge in [0, 0.05) is 6.04 Å². The van der Waals surface area contributed by atoms with Gasteiger partial charge in [-0.05, 0) is 43.2 Å². The van der Waals surface area contributed by atoms with Gasteiger partial charge >= 0.3 is 0 Å². The van der Waals surface area contributed by atoms with Crippen LogP contribution in [0.15, 0.2) is 53.4 Å². The maximum atomic E-state index is 13.4. The summed E-state index contributed by atoms with van der Waals surface area (Å²) in [5.74, 6) is 0.110. The summed E-state index contributed by atoms with van der Waals surface area (Å²) < 4.78 is 33.1. The fraction of sp³-hybridized carbons (Fsp3) is 0.435. The second-order valence-electron chi connectivity index (χ2n) is 7.75. The fourth-order valence-electron chi connectivity index (χ4n) is 3.85. The summed E-state index contributed by atoms with van der Waals surface area (Å²) in [5, 5.41) is 3.32. The van der Waals surface area contributed by atoms with Gasteiger partial charge in [-0.3, -0.25) is 9.10 Å². The Kier molecular flexibility index (Phi) is 8.21. The number of rotatable bonds is 7. The Bertz CT molecular complexity index is 974. The third-order valence-electron chi connectivity index (χ3n) is 5.51. The Balaban J connectivity index is 1.87. The van der Waals surface area contributed by atoms with Crippen LogP contribution in [-0.2, 0) is 14.8 Å². The van der Waals surface area contributed by atoms with Crippen LogP contribution >= 0.6 is 11.6 Å². The molecule has 0 bridgehead atoms. The molecule has 1 saturated carbocycles. The third kappa shape index (κ3) is 6.14. The van der Waals surface area contributed by atoms with Gasteiger partial charge in [-0.1, -0.05) is 61.9 Å². The molecule has 1 aliphatic carbocycles. The molecule has 168 valence electrons. The maximum Gasteiger partial charge on any atom is 0.264 e. The Labute approximate surface area is 189 Å². The van der Waals surface area contributed by atoms with Gasteiger partial charge in [0.25, 0.3) is 10.0 Å². The summed E-state index contributed by atoms with van der Waals surface area (Å²) in [6.45, 7) is -0.323. The molecular formula is C23H29ClN2O4S. The summed E-state index contributed by atoms with van der Waals surface area (Å²) in [4.78, 5) is 13.0. The molecule has 8 heteroatoms. The van der Waals surface area contributed by atoms with Gasteiger partial charge in [0.1, 0.15) is 12.3 Å². The average Bonchev–Trinajstić information content (AvgIpc) is 2.74. The van der Waals surface area contributed by atoms with Crippen molar-refractivity contribution in [3.63, 3.8) is 0 Å². The van der Waals surface area contributed by atoms with Gasteiger partial charge in [-0.2, -0.15) is 0 Å². The van der Waals surface area contributed by atoms with Crippen LogP contribution in [-0.4, -0.2) is 34.0 Å². The zero-order valence-corrected chi connectivity index (χ0v) is 19.3. The number of benzene rings is 2. The molecule has 1 N–H and O–H groups in total. The highest BCUT2D eigenvalue weighted by atomic mass is 35.5. The second kappa shape index (κ2) is 10.9. The molecule has 2 aromatic carbocycles. The smallest absolute Gasteiger partial charge is 0.264 e. The lowest BCUT2D eigenvalue weighted by Crippen LogP contribution is -2.44. The van der Waals surface area contributed by atoms with Crippen molar-refractivity contribution in [1.29, 1.82) is 0 Å². The van der Waals surface area contributed by atoms with E-state index in [2.05, 4.69) is 5.32 Å². The molecule has 0 heterocycles. The molecule has 6 nitrogen and oxygen atoms in total. The van der Waals surface area contributed by atoms with Gasteiger partial charge in [0.2, 0.25) is 5.91 Å². The summed E-state index contributed by atoms with van der Waals surface area (Å²) >= 11 is 6.25. The lowest BCUT2D eigenvalue weighted by atomic mass is 9.97. The van der Waals surface area contributed by atoms with Crippen molar-refractivity contribution in [2.45, 2.75) is 55.9 Å². The van der Waals surface area contributed by atoms with Crippen molar-refractivity contribution < 1.29 is 17.9 Å².